The van der Waals surface area contributed by atoms with E-state index in [-0.39, 0.29) is 0 Å². The van der Waals surface area contributed by atoms with Crippen LogP contribution < -0.4 is 0 Å². The van der Waals surface area contributed by atoms with Crippen LogP contribution in [0.3, 0.4) is 0 Å². The quantitative estimate of drug-likeness (QED) is 0.411. The van der Waals surface area contributed by atoms with Gasteiger partial charge in [-0.15, -0.1) is 0 Å². The highest BCUT2D eigenvalue weighted by atomic mass is 32.2. The molecule has 0 saturated carbocycles. The molecule has 0 aliphatic heterocycles. The Balaban J connectivity index is 0. The van der Waals surface area contributed by atoms with E-state index in [4.69, 9.17) is 25.9 Å². The molecule has 0 aliphatic rings. The van der Waals surface area contributed by atoms with Crippen molar-refractivity contribution in [1.29, 1.82) is 0 Å². The molecule has 0 aromatic rings. The molecule has 0 bridgehead atoms. The minimum atomic E-state index is -5.84. The molecule has 0 aromatic heterocycles. The topological polar surface area (TPSA) is 109 Å². The smallest absolute Gasteiger partial charge is 0.281 e. The molecule has 0 amide bonds. The lowest BCUT2D eigenvalue weighted by molar-refractivity contribution is -0.0510. The zero-order chi connectivity index (χ0) is 13.1. The predicted octanol–water partition coefficient (Wildman–Crippen LogP) is 0.491. The first-order valence-corrected chi connectivity index (χ1v) is 5.42. The summed E-state index contributed by atoms with van der Waals surface area (Å²) in [5.41, 5.74) is -5.53. The average molecular weight is 282 g/mol. The summed E-state index contributed by atoms with van der Waals surface area (Å²) in [6.07, 6.45) is 0. The Bertz CT molecular complexity index is 376. The monoisotopic (exact) mass is 282 g/mol. The normalized spacial score (nSPS) is 13.3. The Kier molecular flexibility index (Phi) is 5.63. The zero-order valence-electron chi connectivity index (χ0n) is 6.31. The summed E-state index contributed by atoms with van der Waals surface area (Å²) in [4.78, 5) is 0. The first-order valence-electron chi connectivity index (χ1n) is 2.48. The molecule has 0 rings (SSSR count). The molecule has 0 fully saturated rings. The third-order valence-corrected chi connectivity index (χ3v) is 1.55. The number of hydrogen-bond donors (Lipinski definition) is 2. The van der Waals surface area contributed by atoms with Gasteiger partial charge in [0.25, 0.3) is 0 Å². The van der Waals surface area contributed by atoms with Gasteiger partial charge >= 0.3 is 31.5 Å². The number of hydrogen-bond acceptors (Lipinski definition) is 4. The van der Waals surface area contributed by atoms with Gasteiger partial charge in [-0.2, -0.15) is 38.8 Å². The maximum Gasteiger partial charge on any atom is 0.522 e. The summed E-state index contributed by atoms with van der Waals surface area (Å²) in [7, 11) is -10.9. The first-order chi connectivity index (χ1) is 6.19. The SMILES string of the molecule is O=S(=O)(O)C(F)(F)F.O=S(=O)(O)C(F)F. The van der Waals surface area contributed by atoms with E-state index in [9.17, 15) is 22.0 Å². The highest BCUT2D eigenvalue weighted by molar-refractivity contribution is 7.86. The standard InChI is InChI=1S/CHF3O3S.CH2F2O3S/c2-1(3,4)8(5,6)7;2-1(3)7(4,5)6/h(H,5,6,7);1H,(H,4,5,6). The summed E-state index contributed by atoms with van der Waals surface area (Å²) in [6.45, 7) is 0. The Morgan fingerprint density at radius 2 is 1.07 bits per heavy atom. The highest BCUT2D eigenvalue weighted by Crippen LogP contribution is 2.20. The summed E-state index contributed by atoms with van der Waals surface area (Å²) >= 11 is 0. The molecule has 0 spiro atoms. The number of alkyl halides is 5. The van der Waals surface area contributed by atoms with E-state index in [0.29, 0.717) is 0 Å². The summed E-state index contributed by atoms with van der Waals surface area (Å²) in [5, 5.41) is 0. The van der Waals surface area contributed by atoms with Crippen molar-refractivity contribution in [2.75, 3.05) is 0 Å². The molecule has 0 aromatic carbocycles. The molecule has 0 unspecified atom stereocenters. The minimum Gasteiger partial charge on any atom is -0.281 e. The molecular formula is C2H3F5O6S2. The van der Waals surface area contributed by atoms with Crippen molar-refractivity contribution in [2.45, 2.75) is 11.3 Å². The molecule has 94 valence electrons. The van der Waals surface area contributed by atoms with Crippen molar-refractivity contribution in [3.05, 3.63) is 0 Å². The van der Waals surface area contributed by atoms with Crippen LogP contribution in [0, 0.1) is 0 Å². The van der Waals surface area contributed by atoms with Crippen LogP contribution >= 0.6 is 0 Å². The van der Waals surface area contributed by atoms with Crippen molar-refractivity contribution in [1.82, 2.24) is 0 Å². The second kappa shape index (κ2) is 5.00. The number of rotatable bonds is 1. The van der Waals surface area contributed by atoms with Crippen LogP contribution in [-0.4, -0.2) is 37.2 Å². The lowest BCUT2D eigenvalue weighted by Crippen LogP contribution is -2.21. The third-order valence-electron chi connectivity index (χ3n) is 0.518. The van der Waals surface area contributed by atoms with E-state index < -0.39 is 31.5 Å². The van der Waals surface area contributed by atoms with Gasteiger partial charge in [0.2, 0.25) is 0 Å². The molecule has 6 nitrogen and oxygen atoms in total. The fraction of sp³-hybridized carbons (Fsp3) is 1.00. The average Bonchev–Trinajstić information content (AvgIpc) is 1.80. The van der Waals surface area contributed by atoms with E-state index >= 15 is 0 Å². The Labute approximate surface area is 80.2 Å². The Morgan fingerprint density at radius 1 is 0.933 bits per heavy atom. The van der Waals surface area contributed by atoms with Gasteiger partial charge in [0.15, 0.2) is 0 Å². The second-order valence-corrected chi connectivity index (χ2v) is 4.50. The maximum absolute atomic E-state index is 10.7. The maximum atomic E-state index is 10.7. The van der Waals surface area contributed by atoms with E-state index in [1.165, 1.54) is 0 Å². The Morgan fingerprint density at radius 3 is 1.07 bits per heavy atom. The lowest BCUT2D eigenvalue weighted by Gasteiger charge is -1.97. The predicted molar refractivity (Wildman–Crippen MR) is 35.2 cm³/mol. The summed E-state index contributed by atoms with van der Waals surface area (Å²) in [6, 6.07) is 0. The molecule has 0 heterocycles. The van der Waals surface area contributed by atoms with Crippen LogP contribution in [0.4, 0.5) is 22.0 Å². The van der Waals surface area contributed by atoms with Crippen molar-refractivity contribution in [3.63, 3.8) is 0 Å². The van der Waals surface area contributed by atoms with Gasteiger partial charge in [0.05, 0.1) is 0 Å². The van der Waals surface area contributed by atoms with Gasteiger partial charge in [-0.05, 0) is 0 Å². The van der Waals surface area contributed by atoms with Crippen LogP contribution in [0.15, 0.2) is 0 Å². The Hall–Kier alpha value is -0.530. The second-order valence-electron chi connectivity index (χ2n) is 1.70. The minimum absolute atomic E-state index is 3.67. The van der Waals surface area contributed by atoms with Crippen LogP contribution in [0.25, 0.3) is 0 Å². The molecule has 0 atom stereocenters. The van der Waals surface area contributed by atoms with E-state index in [2.05, 4.69) is 0 Å². The fourth-order valence-electron chi connectivity index (χ4n) is 0. The molecule has 2 N–H and O–H groups in total. The van der Waals surface area contributed by atoms with Gasteiger partial charge < -0.3 is 0 Å². The third kappa shape index (κ3) is 8.46. The van der Waals surface area contributed by atoms with Crippen LogP contribution in [0.2, 0.25) is 0 Å². The van der Waals surface area contributed by atoms with Gasteiger partial charge in [-0.25, -0.2) is 0 Å². The lowest BCUT2D eigenvalue weighted by atomic mass is 11.6. The molecule has 0 radical (unpaired) electrons. The number of halogens is 5. The van der Waals surface area contributed by atoms with Crippen molar-refractivity contribution in [3.8, 4) is 0 Å². The largest absolute Gasteiger partial charge is 0.522 e. The summed E-state index contributed by atoms with van der Waals surface area (Å²) < 4.78 is 105. The van der Waals surface area contributed by atoms with E-state index in [1.54, 1.807) is 0 Å². The van der Waals surface area contributed by atoms with Crippen LogP contribution in [-0.2, 0) is 20.2 Å². The molecule has 0 saturated heterocycles. The van der Waals surface area contributed by atoms with Crippen molar-refractivity contribution < 1.29 is 47.9 Å². The van der Waals surface area contributed by atoms with Gasteiger partial charge in [0.1, 0.15) is 0 Å². The van der Waals surface area contributed by atoms with Crippen LogP contribution in [0.5, 0.6) is 0 Å². The van der Waals surface area contributed by atoms with Crippen LogP contribution in [0.1, 0.15) is 0 Å². The van der Waals surface area contributed by atoms with Gasteiger partial charge in [-0.3, -0.25) is 9.11 Å². The van der Waals surface area contributed by atoms with E-state index in [1.807, 2.05) is 0 Å². The van der Waals surface area contributed by atoms with Gasteiger partial charge in [0, 0.05) is 0 Å². The summed E-state index contributed by atoms with van der Waals surface area (Å²) in [5.74, 6) is -3.67. The van der Waals surface area contributed by atoms with Gasteiger partial charge in [-0.1, -0.05) is 0 Å². The molecule has 0 aliphatic carbocycles. The van der Waals surface area contributed by atoms with Crippen molar-refractivity contribution in [2.24, 2.45) is 0 Å². The first kappa shape index (κ1) is 16.9. The molecular weight excluding hydrogens is 279 g/mol. The van der Waals surface area contributed by atoms with E-state index in [0.717, 1.165) is 0 Å². The molecule has 15 heavy (non-hydrogen) atoms. The fourth-order valence-corrected chi connectivity index (χ4v) is 0. The highest BCUT2D eigenvalue weighted by Gasteiger charge is 2.44. The zero-order valence-corrected chi connectivity index (χ0v) is 7.94. The van der Waals surface area contributed by atoms with Crippen molar-refractivity contribution >= 4 is 20.2 Å². The molecule has 13 heteroatoms.